The third-order valence-corrected chi connectivity index (χ3v) is 3.39. The molecule has 2 aromatic heterocycles. The Morgan fingerprint density at radius 1 is 1.29 bits per heavy atom. The van der Waals surface area contributed by atoms with Crippen molar-refractivity contribution in [1.29, 1.82) is 5.26 Å². The van der Waals surface area contributed by atoms with E-state index in [4.69, 9.17) is 10.00 Å². The summed E-state index contributed by atoms with van der Waals surface area (Å²) in [5.74, 6) is -0.477. The number of aromatic nitrogens is 3. The van der Waals surface area contributed by atoms with Gasteiger partial charge in [-0.2, -0.15) is 10.4 Å². The molecule has 3 aromatic rings. The van der Waals surface area contributed by atoms with Gasteiger partial charge in [0, 0.05) is 18.0 Å². The maximum Gasteiger partial charge on any atom is 0.358 e. The van der Waals surface area contributed by atoms with Gasteiger partial charge < -0.3 is 4.74 Å². The van der Waals surface area contributed by atoms with Gasteiger partial charge in [-0.15, -0.1) is 0 Å². The molecule has 0 atom stereocenters. The second-order valence-corrected chi connectivity index (χ2v) is 4.95. The van der Waals surface area contributed by atoms with Gasteiger partial charge in [-0.25, -0.2) is 9.48 Å². The molecule has 6 nitrogen and oxygen atoms in total. The monoisotopic (exact) mass is 318 g/mol. The second kappa shape index (κ2) is 6.75. The lowest BCUT2D eigenvalue weighted by atomic mass is 10.2. The quantitative estimate of drug-likeness (QED) is 0.691. The van der Waals surface area contributed by atoms with Crippen molar-refractivity contribution in [2.45, 2.75) is 6.92 Å². The first-order valence-corrected chi connectivity index (χ1v) is 7.41. The van der Waals surface area contributed by atoms with Crippen molar-refractivity contribution in [3.8, 4) is 23.0 Å². The number of benzene rings is 1. The molecular weight excluding hydrogens is 304 g/mol. The number of ether oxygens (including phenoxy) is 1. The zero-order valence-electron chi connectivity index (χ0n) is 13.0. The number of nitrogens with zero attached hydrogens (tertiary/aromatic N) is 4. The van der Waals surface area contributed by atoms with Gasteiger partial charge in [0.2, 0.25) is 0 Å². The largest absolute Gasteiger partial charge is 0.461 e. The van der Waals surface area contributed by atoms with E-state index in [0.29, 0.717) is 5.56 Å². The molecule has 118 valence electrons. The van der Waals surface area contributed by atoms with Gasteiger partial charge in [0.1, 0.15) is 0 Å². The van der Waals surface area contributed by atoms with Gasteiger partial charge in [-0.1, -0.05) is 0 Å². The Bertz CT molecular complexity index is 893. The maximum atomic E-state index is 12.0. The predicted molar refractivity (Wildman–Crippen MR) is 87.5 cm³/mol. The molecule has 2 heterocycles. The zero-order valence-corrected chi connectivity index (χ0v) is 13.0. The van der Waals surface area contributed by atoms with E-state index in [1.807, 2.05) is 12.1 Å². The summed E-state index contributed by atoms with van der Waals surface area (Å²) in [4.78, 5) is 16.1. The van der Waals surface area contributed by atoms with Crippen molar-refractivity contribution in [3.63, 3.8) is 0 Å². The molecule has 0 spiro atoms. The van der Waals surface area contributed by atoms with Gasteiger partial charge in [0.25, 0.3) is 0 Å². The average Bonchev–Trinajstić information content (AvgIpc) is 3.08. The lowest BCUT2D eigenvalue weighted by Gasteiger charge is -2.07. The summed E-state index contributed by atoms with van der Waals surface area (Å²) < 4.78 is 6.67. The number of hydrogen-bond donors (Lipinski definition) is 0. The van der Waals surface area contributed by atoms with Crippen LogP contribution in [0.1, 0.15) is 23.0 Å². The van der Waals surface area contributed by atoms with Crippen LogP contribution in [0, 0.1) is 11.3 Å². The highest BCUT2D eigenvalue weighted by atomic mass is 16.5. The molecule has 24 heavy (non-hydrogen) atoms. The molecule has 0 fully saturated rings. The summed E-state index contributed by atoms with van der Waals surface area (Å²) in [5.41, 5.74) is 3.06. The Balaban J connectivity index is 2.12. The Kier molecular flexibility index (Phi) is 4.34. The molecule has 0 aliphatic carbocycles. The Hall–Kier alpha value is -3.46. The Labute approximate surface area is 138 Å². The minimum atomic E-state index is -0.477. The maximum absolute atomic E-state index is 12.0. The van der Waals surface area contributed by atoms with Gasteiger partial charge in [0.15, 0.2) is 5.69 Å². The SMILES string of the molecule is CCOC(=O)c1cc(-c2cccnc2)n(-c2ccc(C#N)cc2)n1. The fraction of sp³-hybridized carbons (Fsp3) is 0.111. The van der Waals surface area contributed by atoms with E-state index in [0.717, 1.165) is 16.9 Å². The summed E-state index contributed by atoms with van der Waals surface area (Å²) in [7, 11) is 0. The molecule has 0 radical (unpaired) electrons. The number of esters is 1. The van der Waals surface area contributed by atoms with Crippen molar-refractivity contribution in [3.05, 3.63) is 66.1 Å². The van der Waals surface area contributed by atoms with Gasteiger partial charge in [-0.3, -0.25) is 4.98 Å². The van der Waals surface area contributed by atoms with E-state index in [2.05, 4.69) is 16.2 Å². The zero-order chi connectivity index (χ0) is 16.9. The normalized spacial score (nSPS) is 10.2. The predicted octanol–water partition coefficient (Wildman–Crippen LogP) is 2.98. The van der Waals surface area contributed by atoms with E-state index in [9.17, 15) is 4.79 Å². The van der Waals surface area contributed by atoms with E-state index >= 15 is 0 Å². The van der Waals surface area contributed by atoms with Crippen LogP contribution < -0.4 is 0 Å². The second-order valence-electron chi connectivity index (χ2n) is 4.95. The summed E-state index contributed by atoms with van der Waals surface area (Å²) in [6, 6.07) is 14.4. The van der Waals surface area contributed by atoms with E-state index in [1.54, 1.807) is 54.3 Å². The highest BCUT2D eigenvalue weighted by Gasteiger charge is 2.17. The van der Waals surface area contributed by atoms with Crippen molar-refractivity contribution in [2.75, 3.05) is 6.61 Å². The highest BCUT2D eigenvalue weighted by molar-refractivity contribution is 5.89. The van der Waals surface area contributed by atoms with Gasteiger partial charge in [-0.05, 0) is 49.4 Å². The van der Waals surface area contributed by atoms with Crippen LogP contribution in [-0.4, -0.2) is 27.3 Å². The molecule has 0 N–H and O–H groups in total. The fourth-order valence-electron chi connectivity index (χ4n) is 2.28. The average molecular weight is 318 g/mol. The summed E-state index contributed by atoms with van der Waals surface area (Å²) >= 11 is 0. The molecule has 0 bridgehead atoms. The van der Waals surface area contributed by atoms with Crippen LogP contribution >= 0.6 is 0 Å². The van der Waals surface area contributed by atoms with E-state index in [-0.39, 0.29) is 12.3 Å². The molecule has 0 saturated carbocycles. The molecule has 0 amide bonds. The van der Waals surface area contributed by atoms with Crippen LogP contribution in [0.2, 0.25) is 0 Å². The molecule has 0 unspecified atom stereocenters. The topological polar surface area (TPSA) is 80.8 Å². The van der Waals surface area contributed by atoms with Gasteiger partial charge in [0.05, 0.1) is 29.6 Å². The van der Waals surface area contributed by atoms with Crippen LogP contribution in [0.3, 0.4) is 0 Å². The van der Waals surface area contributed by atoms with Crippen LogP contribution in [0.4, 0.5) is 0 Å². The molecule has 0 saturated heterocycles. The van der Waals surface area contributed by atoms with Crippen molar-refractivity contribution < 1.29 is 9.53 Å². The fourth-order valence-corrected chi connectivity index (χ4v) is 2.28. The number of hydrogen-bond acceptors (Lipinski definition) is 5. The molecular formula is C18H14N4O2. The first-order valence-electron chi connectivity index (χ1n) is 7.41. The lowest BCUT2D eigenvalue weighted by molar-refractivity contribution is 0.0519. The Morgan fingerprint density at radius 3 is 2.71 bits per heavy atom. The minimum Gasteiger partial charge on any atom is -0.461 e. The summed E-state index contributed by atoms with van der Waals surface area (Å²) in [5, 5.41) is 13.3. The third-order valence-electron chi connectivity index (χ3n) is 3.39. The third kappa shape index (κ3) is 3.01. The van der Waals surface area contributed by atoms with Crippen LogP contribution in [0.5, 0.6) is 0 Å². The number of rotatable bonds is 4. The van der Waals surface area contributed by atoms with Crippen LogP contribution in [0.15, 0.2) is 54.9 Å². The molecule has 0 aliphatic heterocycles. The van der Waals surface area contributed by atoms with E-state index in [1.165, 1.54) is 0 Å². The number of nitriles is 1. The summed E-state index contributed by atoms with van der Waals surface area (Å²) in [6.07, 6.45) is 3.38. The first-order chi connectivity index (χ1) is 11.7. The van der Waals surface area contributed by atoms with Crippen LogP contribution in [0.25, 0.3) is 16.9 Å². The summed E-state index contributed by atoms with van der Waals surface area (Å²) in [6.45, 7) is 2.03. The minimum absolute atomic E-state index is 0.222. The molecule has 0 aliphatic rings. The standard InChI is InChI=1S/C18H14N4O2/c1-2-24-18(23)16-10-17(14-4-3-9-20-12-14)22(21-16)15-7-5-13(11-19)6-8-15/h3-10,12H,2H2,1H3. The molecule has 1 aromatic carbocycles. The molecule has 6 heteroatoms. The smallest absolute Gasteiger partial charge is 0.358 e. The van der Waals surface area contributed by atoms with Crippen molar-refractivity contribution >= 4 is 5.97 Å². The number of carbonyl (C=O) groups is 1. The lowest BCUT2D eigenvalue weighted by Crippen LogP contribution is -2.06. The highest BCUT2D eigenvalue weighted by Crippen LogP contribution is 2.24. The number of pyridine rings is 1. The van der Waals surface area contributed by atoms with Crippen molar-refractivity contribution in [1.82, 2.24) is 14.8 Å². The Morgan fingerprint density at radius 2 is 2.08 bits per heavy atom. The van der Waals surface area contributed by atoms with Crippen LogP contribution in [-0.2, 0) is 4.74 Å². The van der Waals surface area contributed by atoms with E-state index < -0.39 is 5.97 Å². The molecule has 3 rings (SSSR count). The number of carbonyl (C=O) groups excluding carboxylic acids is 1. The van der Waals surface area contributed by atoms with Crippen molar-refractivity contribution in [2.24, 2.45) is 0 Å². The van der Waals surface area contributed by atoms with Gasteiger partial charge >= 0.3 is 5.97 Å². The first kappa shape index (κ1) is 15.4.